The lowest BCUT2D eigenvalue weighted by atomic mass is 9.96. The Morgan fingerprint density at radius 2 is 1.86 bits per heavy atom. The van der Waals surface area contributed by atoms with Crippen molar-refractivity contribution >= 4 is 17.4 Å². The van der Waals surface area contributed by atoms with Gasteiger partial charge in [-0.1, -0.05) is 12.1 Å². The molecule has 3 aromatic heterocycles. The van der Waals surface area contributed by atoms with E-state index in [-0.39, 0.29) is 17.5 Å². The van der Waals surface area contributed by atoms with Gasteiger partial charge in [0.05, 0.1) is 23.3 Å². The minimum Gasteiger partial charge on any atom is -0.457 e. The zero-order valence-corrected chi connectivity index (χ0v) is 23.6. The number of carbonyl (C=O) groups is 1. The van der Waals surface area contributed by atoms with Gasteiger partial charge in [0.25, 0.3) is 0 Å². The van der Waals surface area contributed by atoms with E-state index in [0.717, 1.165) is 30.6 Å². The largest absolute Gasteiger partial charge is 0.457 e. The van der Waals surface area contributed by atoms with Crippen molar-refractivity contribution in [2.75, 3.05) is 24.2 Å². The van der Waals surface area contributed by atoms with E-state index >= 15 is 4.39 Å². The fraction of sp³-hybridized carbons (Fsp3) is 0.226. The maximum Gasteiger partial charge on any atom is 0.323 e. The fourth-order valence-electron chi connectivity index (χ4n) is 4.90. The Morgan fingerprint density at radius 3 is 2.64 bits per heavy atom. The first-order valence-electron chi connectivity index (χ1n) is 13.7. The number of anilines is 2. The van der Waals surface area contributed by atoms with Gasteiger partial charge in [-0.15, -0.1) is 0 Å². The molecule has 0 unspecified atom stereocenters. The van der Waals surface area contributed by atoms with E-state index in [4.69, 9.17) is 9.84 Å². The number of halogens is 1. The summed E-state index contributed by atoms with van der Waals surface area (Å²) < 4.78 is 22.7. The first-order chi connectivity index (χ1) is 20.3. The van der Waals surface area contributed by atoms with Crippen LogP contribution >= 0.6 is 0 Å². The van der Waals surface area contributed by atoms with Crippen molar-refractivity contribution in [3.8, 4) is 34.0 Å². The third kappa shape index (κ3) is 5.86. The maximum atomic E-state index is 15.0. The number of rotatable bonds is 7. The van der Waals surface area contributed by atoms with Crippen LogP contribution in [0.3, 0.4) is 0 Å². The zero-order valence-electron chi connectivity index (χ0n) is 23.6. The number of H-pyrrole nitrogens is 1. The molecule has 4 heterocycles. The monoisotopic (exact) mass is 566 g/mol. The minimum atomic E-state index is -0.635. The number of nitrogens with one attached hydrogen (secondary N) is 3. The van der Waals surface area contributed by atoms with Crippen molar-refractivity contribution in [1.82, 2.24) is 29.9 Å². The summed E-state index contributed by atoms with van der Waals surface area (Å²) >= 11 is 0. The molecule has 6 rings (SSSR count). The molecule has 2 amide bonds. The lowest BCUT2D eigenvalue weighted by molar-refractivity contribution is 0.262. The van der Waals surface area contributed by atoms with E-state index in [0.29, 0.717) is 22.8 Å². The van der Waals surface area contributed by atoms with Crippen LogP contribution in [0.15, 0.2) is 73.3 Å². The summed E-state index contributed by atoms with van der Waals surface area (Å²) in [5.41, 5.74) is 6.19. The van der Waals surface area contributed by atoms with E-state index in [1.54, 1.807) is 47.7 Å². The number of carbonyl (C=O) groups excluding carboxylic acids is 1. The second-order valence-corrected chi connectivity index (χ2v) is 10.6. The highest BCUT2D eigenvalue weighted by Gasteiger charge is 2.19. The molecule has 0 bridgehead atoms. The normalized spacial score (nSPS) is 13.2. The average Bonchev–Trinajstić information content (AvgIpc) is 3.65. The molecule has 1 aliphatic rings. The second kappa shape index (κ2) is 11.5. The molecule has 0 fully saturated rings. The van der Waals surface area contributed by atoms with Crippen LogP contribution in [-0.2, 0) is 13.0 Å². The van der Waals surface area contributed by atoms with Gasteiger partial charge in [-0.2, -0.15) is 10.2 Å². The molecule has 0 spiro atoms. The van der Waals surface area contributed by atoms with Gasteiger partial charge in [0.15, 0.2) is 0 Å². The summed E-state index contributed by atoms with van der Waals surface area (Å²) in [5, 5.41) is 16.9. The van der Waals surface area contributed by atoms with E-state index in [1.165, 1.54) is 23.3 Å². The fourth-order valence-corrected chi connectivity index (χ4v) is 4.90. The van der Waals surface area contributed by atoms with E-state index in [1.807, 2.05) is 19.9 Å². The molecular formula is C31H31FN8O2. The van der Waals surface area contributed by atoms with Gasteiger partial charge in [0.2, 0.25) is 0 Å². The molecule has 5 aromatic rings. The summed E-state index contributed by atoms with van der Waals surface area (Å²) in [6.07, 6.45) is 7.78. The van der Waals surface area contributed by atoms with Crippen LogP contribution in [0.4, 0.5) is 20.6 Å². The van der Waals surface area contributed by atoms with Gasteiger partial charge in [-0.05, 0) is 62.7 Å². The first kappa shape index (κ1) is 27.2. The molecule has 3 N–H and O–H groups in total. The van der Waals surface area contributed by atoms with Crippen LogP contribution in [-0.4, -0.2) is 49.5 Å². The highest BCUT2D eigenvalue weighted by Crippen LogP contribution is 2.32. The van der Waals surface area contributed by atoms with Crippen LogP contribution in [0.2, 0.25) is 0 Å². The molecule has 1 aliphatic heterocycles. The lowest BCUT2D eigenvalue weighted by Gasteiger charge is -2.25. The van der Waals surface area contributed by atoms with Gasteiger partial charge in [0, 0.05) is 61.0 Å². The highest BCUT2D eigenvalue weighted by atomic mass is 19.1. The molecule has 0 radical (unpaired) electrons. The summed E-state index contributed by atoms with van der Waals surface area (Å²) in [6, 6.07) is 13.5. The topological polar surface area (TPSA) is 113 Å². The predicted octanol–water partition coefficient (Wildman–Crippen LogP) is 6.48. The van der Waals surface area contributed by atoms with Crippen molar-refractivity contribution in [3.05, 3.63) is 90.3 Å². The number of pyridine rings is 1. The number of aromatic nitrogens is 5. The molecule has 0 saturated carbocycles. The predicted molar refractivity (Wildman–Crippen MR) is 159 cm³/mol. The van der Waals surface area contributed by atoms with Crippen LogP contribution in [0.1, 0.15) is 31.0 Å². The third-order valence-electron chi connectivity index (χ3n) is 7.14. The summed E-state index contributed by atoms with van der Waals surface area (Å²) in [6.45, 7) is 5.93. The van der Waals surface area contributed by atoms with Gasteiger partial charge >= 0.3 is 6.03 Å². The van der Waals surface area contributed by atoms with E-state index in [9.17, 15) is 4.79 Å². The number of amides is 2. The molecule has 0 atom stereocenters. The second-order valence-electron chi connectivity index (χ2n) is 10.6. The van der Waals surface area contributed by atoms with Crippen molar-refractivity contribution in [2.45, 2.75) is 32.9 Å². The van der Waals surface area contributed by atoms with Crippen molar-refractivity contribution < 1.29 is 13.9 Å². The number of benzene rings is 2. The third-order valence-corrected chi connectivity index (χ3v) is 7.14. The van der Waals surface area contributed by atoms with Gasteiger partial charge in [0.1, 0.15) is 23.0 Å². The SMILES string of the molecule is CC(C)n1cc(NC(=O)Nc2ccc(Oc3ccnc(-c4cn[nH]c4)c3)cc2F)c(-c2ccc3c(c2)CN(C)CC3)n1. The molecular weight excluding hydrogens is 535 g/mol. The minimum absolute atomic E-state index is 0.0169. The summed E-state index contributed by atoms with van der Waals surface area (Å²) in [5.74, 6) is 0.132. The van der Waals surface area contributed by atoms with Gasteiger partial charge in [-0.25, -0.2) is 9.18 Å². The van der Waals surface area contributed by atoms with Crippen molar-refractivity contribution in [2.24, 2.45) is 0 Å². The lowest BCUT2D eigenvalue weighted by Crippen LogP contribution is -2.26. The molecule has 0 aliphatic carbocycles. The molecule has 11 heteroatoms. The van der Waals surface area contributed by atoms with Crippen molar-refractivity contribution in [1.29, 1.82) is 0 Å². The molecule has 2 aromatic carbocycles. The number of urea groups is 1. The first-order valence-corrected chi connectivity index (χ1v) is 13.7. The van der Waals surface area contributed by atoms with Crippen LogP contribution in [0.25, 0.3) is 22.5 Å². The van der Waals surface area contributed by atoms with Crippen LogP contribution in [0, 0.1) is 5.82 Å². The van der Waals surface area contributed by atoms with Crippen LogP contribution < -0.4 is 15.4 Å². The Morgan fingerprint density at radius 1 is 1.02 bits per heavy atom. The average molecular weight is 567 g/mol. The Bertz CT molecular complexity index is 1730. The number of ether oxygens (including phenoxy) is 1. The standard InChI is InChI=1S/C31H31FN8O2/c1-19(2)40-18-29(30(38-40)21-5-4-20-9-11-39(3)17-22(20)12-21)37-31(41)36-27-7-6-24(13-26(27)32)42-25-8-10-33-28(14-25)23-15-34-35-16-23/h4-8,10,12-16,18-19H,9,11,17H2,1-3H3,(H,34,35)(H2,36,37,41). The van der Waals surface area contributed by atoms with Crippen LogP contribution in [0.5, 0.6) is 11.5 Å². The Balaban J connectivity index is 1.17. The number of hydrogen-bond donors (Lipinski definition) is 3. The summed E-state index contributed by atoms with van der Waals surface area (Å²) in [4.78, 5) is 19.6. The van der Waals surface area contributed by atoms with Gasteiger partial charge < -0.3 is 20.3 Å². The molecule has 10 nitrogen and oxygen atoms in total. The number of nitrogens with zero attached hydrogens (tertiary/aromatic N) is 5. The Labute approximate surface area is 242 Å². The number of fused-ring (bicyclic) bond motifs is 1. The molecule has 214 valence electrons. The summed E-state index contributed by atoms with van der Waals surface area (Å²) in [7, 11) is 2.11. The highest BCUT2D eigenvalue weighted by molar-refractivity contribution is 6.02. The number of likely N-dealkylation sites (N-methyl/N-ethyl adjacent to an activating group) is 1. The van der Waals surface area contributed by atoms with E-state index in [2.05, 4.69) is 49.9 Å². The Kier molecular flexibility index (Phi) is 7.41. The van der Waals surface area contributed by atoms with Gasteiger partial charge in [-0.3, -0.25) is 14.8 Å². The molecule has 42 heavy (non-hydrogen) atoms. The number of aromatic amines is 1. The number of hydrogen-bond acceptors (Lipinski definition) is 6. The molecule has 0 saturated heterocycles. The smallest absolute Gasteiger partial charge is 0.323 e. The van der Waals surface area contributed by atoms with E-state index < -0.39 is 11.8 Å². The quantitative estimate of drug-likeness (QED) is 0.208. The zero-order chi connectivity index (χ0) is 29.2. The Hall–Kier alpha value is -5.03. The van der Waals surface area contributed by atoms with Crippen molar-refractivity contribution in [3.63, 3.8) is 0 Å². The maximum absolute atomic E-state index is 15.0.